The topological polar surface area (TPSA) is 98.2 Å². The molecule has 0 aliphatic carbocycles. The summed E-state index contributed by atoms with van der Waals surface area (Å²) in [6, 6.07) is 8.58. The summed E-state index contributed by atoms with van der Waals surface area (Å²) in [5, 5.41) is 2.49. The Hall–Kier alpha value is -2.74. The minimum absolute atomic E-state index is 0.150. The van der Waals surface area contributed by atoms with Gasteiger partial charge < -0.3 is 10.1 Å². The quantitative estimate of drug-likeness (QED) is 0.858. The van der Waals surface area contributed by atoms with E-state index in [1.165, 1.54) is 6.92 Å². The molecule has 2 rings (SSSR count). The van der Waals surface area contributed by atoms with E-state index in [4.69, 9.17) is 4.74 Å². The van der Waals surface area contributed by atoms with Crippen molar-refractivity contribution in [3.63, 3.8) is 0 Å². The number of carbonyl (C=O) groups excluding carboxylic acids is 1. The third-order valence-corrected chi connectivity index (χ3v) is 3.55. The lowest BCUT2D eigenvalue weighted by Crippen LogP contribution is -2.21. The van der Waals surface area contributed by atoms with Crippen LogP contribution in [0, 0.1) is 13.8 Å². The first-order valence-corrected chi connectivity index (χ1v) is 7.77. The zero-order valence-electron chi connectivity index (χ0n) is 12.8. The summed E-state index contributed by atoms with van der Waals surface area (Å²) in [4.78, 5) is 19.8. The number of amides is 1. The molecule has 0 saturated carbocycles. The van der Waals surface area contributed by atoms with E-state index in [-0.39, 0.29) is 10.9 Å². The lowest BCUT2D eigenvalue weighted by Gasteiger charge is -2.11. The highest BCUT2D eigenvalue weighted by molar-refractivity contribution is 7.74. The Morgan fingerprint density at radius 3 is 2.35 bits per heavy atom. The molecule has 1 N–H and O–H groups in total. The fourth-order valence-electron chi connectivity index (χ4n) is 1.78. The molecule has 1 amide bonds. The van der Waals surface area contributed by atoms with Gasteiger partial charge in [0.1, 0.15) is 4.86 Å². The van der Waals surface area contributed by atoms with Crippen molar-refractivity contribution in [1.29, 1.82) is 0 Å². The molecule has 23 heavy (non-hydrogen) atoms. The van der Waals surface area contributed by atoms with Crippen LogP contribution >= 0.6 is 0 Å². The number of aromatic nitrogens is 2. The number of carbonyl (C=O) groups is 1. The van der Waals surface area contributed by atoms with E-state index in [1.807, 2.05) is 19.9 Å². The third kappa shape index (κ3) is 4.36. The smallest absolute Gasteiger partial charge is 0.322 e. The molecular weight excluding hydrogens is 318 g/mol. The minimum atomic E-state index is -2.58. The first-order valence-electron chi connectivity index (χ1n) is 6.70. The molecule has 120 valence electrons. The molecule has 0 atom stereocenters. The van der Waals surface area contributed by atoms with Crippen LogP contribution in [0.1, 0.15) is 18.3 Å². The predicted molar refractivity (Wildman–Crippen MR) is 86.3 cm³/mol. The molecule has 7 nitrogen and oxygen atoms in total. The minimum Gasteiger partial charge on any atom is -0.422 e. The number of para-hydroxylation sites is 2. The van der Waals surface area contributed by atoms with E-state index in [0.29, 0.717) is 11.4 Å². The molecule has 1 aromatic heterocycles. The summed E-state index contributed by atoms with van der Waals surface area (Å²) >= 11 is 0. The van der Waals surface area contributed by atoms with Crippen molar-refractivity contribution in [1.82, 2.24) is 9.97 Å². The van der Waals surface area contributed by atoms with Gasteiger partial charge in [0.25, 0.3) is 5.91 Å². The van der Waals surface area contributed by atoms with Crippen LogP contribution in [0.2, 0.25) is 0 Å². The van der Waals surface area contributed by atoms with Gasteiger partial charge in [0.15, 0.2) is 5.75 Å². The third-order valence-electron chi connectivity index (χ3n) is 2.87. The zero-order valence-corrected chi connectivity index (χ0v) is 13.6. The predicted octanol–water partition coefficient (Wildman–Crippen LogP) is 1.90. The number of rotatable bonds is 4. The molecule has 0 unspecified atom stereocenters. The molecule has 0 saturated heterocycles. The largest absolute Gasteiger partial charge is 0.422 e. The van der Waals surface area contributed by atoms with Crippen molar-refractivity contribution in [3.05, 3.63) is 41.7 Å². The highest BCUT2D eigenvalue weighted by Crippen LogP contribution is 2.27. The van der Waals surface area contributed by atoms with E-state index in [1.54, 1.807) is 24.3 Å². The summed E-state index contributed by atoms with van der Waals surface area (Å²) in [5.74, 6) is -0.411. The Balaban J connectivity index is 2.31. The number of nitrogens with one attached hydrogen (secondary N) is 1. The van der Waals surface area contributed by atoms with Crippen molar-refractivity contribution in [2.75, 3.05) is 5.32 Å². The van der Waals surface area contributed by atoms with Crippen LogP contribution < -0.4 is 10.1 Å². The van der Waals surface area contributed by atoms with Gasteiger partial charge in [-0.25, -0.2) is 9.97 Å². The zero-order chi connectivity index (χ0) is 17.0. The van der Waals surface area contributed by atoms with Crippen LogP contribution in [0.3, 0.4) is 0 Å². The van der Waals surface area contributed by atoms with Gasteiger partial charge >= 0.3 is 6.01 Å². The number of ether oxygens (including phenoxy) is 1. The monoisotopic (exact) mass is 333 g/mol. The summed E-state index contributed by atoms with van der Waals surface area (Å²) < 4.78 is 27.3. The van der Waals surface area contributed by atoms with Crippen molar-refractivity contribution in [2.45, 2.75) is 20.8 Å². The Bertz CT molecular complexity index is 863. The first-order chi connectivity index (χ1) is 10.9. The Kier molecular flexibility index (Phi) is 5.07. The summed E-state index contributed by atoms with van der Waals surface area (Å²) in [5.41, 5.74) is 1.82. The molecule has 1 heterocycles. The highest BCUT2D eigenvalue weighted by atomic mass is 32.2. The van der Waals surface area contributed by atoms with Crippen molar-refractivity contribution >= 4 is 26.8 Å². The van der Waals surface area contributed by atoms with Gasteiger partial charge in [-0.3, -0.25) is 4.79 Å². The van der Waals surface area contributed by atoms with E-state index in [0.717, 1.165) is 11.4 Å². The maximum Gasteiger partial charge on any atom is 0.322 e. The lowest BCUT2D eigenvalue weighted by atomic mass is 10.3. The number of hydrogen-bond donors (Lipinski definition) is 1. The number of benzene rings is 1. The Morgan fingerprint density at radius 2 is 1.74 bits per heavy atom. The highest BCUT2D eigenvalue weighted by Gasteiger charge is 2.13. The second-order valence-corrected chi connectivity index (χ2v) is 5.86. The van der Waals surface area contributed by atoms with E-state index < -0.39 is 16.2 Å². The van der Waals surface area contributed by atoms with Crippen molar-refractivity contribution in [3.8, 4) is 11.8 Å². The maximum absolute atomic E-state index is 11.8. The lowest BCUT2D eigenvalue weighted by molar-refractivity contribution is -0.110. The molecule has 1 aromatic carbocycles. The van der Waals surface area contributed by atoms with Crippen molar-refractivity contribution < 1.29 is 17.9 Å². The van der Waals surface area contributed by atoms with Gasteiger partial charge in [-0.05, 0) is 39.0 Å². The number of hydrogen-bond acceptors (Lipinski definition) is 6. The van der Waals surface area contributed by atoms with Gasteiger partial charge in [0.05, 0.1) is 5.69 Å². The normalized spacial score (nSPS) is 10.0. The van der Waals surface area contributed by atoms with E-state index in [2.05, 4.69) is 15.3 Å². The van der Waals surface area contributed by atoms with Crippen LogP contribution in [0.25, 0.3) is 0 Å². The van der Waals surface area contributed by atoms with Gasteiger partial charge in [0.2, 0.25) is 10.3 Å². The molecule has 0 spiro atoms. The van der Waals surface area contributed by atoms with Crippen LogP contribution in [-0.4, -0.2) is 29.2 Å². The van der Waals surface area contributed by atoms with Gasteiger partial charge in [-0.15, -0.1) is 0 Å². The number of aryl methyl sites for hydroxylation is 2. The van der Waals surface area contributed by atoms with E-state index >= 15 is 0 Å². The van der Waals surface area contributed by atoms with Gasteiger partial charge in [-0.2, -0.15) is 8.42 Å². The van der Waals surface area contributed by atoms with Gasteiger partial charge in [-0.1, -0.05) is 12.1 Å². The molecule has 0 aliphatic rings. The van der Waals surface area contributed by atoms with E-state index in [9.17, 15) is 13.2 Å². The van der Waals surface area contributed by atoms with Crippen LogP contribution in [0.4, 0.5) is 5.69 Å². The average Bonchev–Trinajstić information content (AvgIpc) is 2.47. The maximum atomic E-state index is 11.8. The first kappa shape index (κ1) is 16.6. The van der Waals surface area contributed by atoms with Crippen LogP contribution in [-0.2, 0) is 15.1 Å². The summed E-state index contributed by atoms with van der Waals surface area (Å²) in [7, 11) is -2.58. The average molecular weight is 333 g/mol. The molecular formula is C15H15N3O4S. The molecule has 8 heteroatoms. The van der Waals surface area contributed by atoms with Crippen LogP contribution in [0.15, 0.2) is 30.3 Å². The Morgan fingerprint density at radius 1 is 1.13 bits per heavy atom. The number of anilines is 1. The van der Waals surface area contributed by atoms with Crippen LogP contribution in [0.5, 0.6) is 11.8 Å². The second-order valence-electron chi connectivity index (χ2n) is 4.78. The molecule has 0 radical (unpaired) electrons. The number of nitrogens with zero attached hydrogens (tertiary/aromatic N) is 2. The molecule has 2 aromatic rings. The standard InChI is InChI=1S/C15H15N3O4S/c1-9-8-10(2)17-15(16-9)22-13-7-5-4-6-12(13)18-14(19)11(3)23(20)21/h4-8H,1-3H3,(H,18,19). The summed E-state index contributed by atoms with van der Waals surface area (Å²) in [6.45, 7) is 4.85. The Labute approximate surface area is 134 Å². The SMILES string of the molecule is CC(C(=O)Nc1ccccc1Oc1nc(C)cc(C)n1)=S(=O)=O. The molecule has 0 aliphatic heterocycles. The second kappa shape index (κ2) is 7.01. The van der Waals surface area contributed by atoms with Crippen molar-refractivity contribution in [2.24, 2.45) is 0 Å². The molecule has 0 fully saturated rings. The fraction of sp³-hybridized carbons (Fsp3) is 0.200. The fourth-order valence-corrected chi connectivity index (χ4v) is 1.98. The summed E-state index contributed by atoms with van der Waals surface area (Å²) in [6.07, 6.45) is 0. The van der Waals surface area contributed by atoms with Gasteiger partial charge in [0, 0.05) is 11.4 Å². The molecule has 0 bridgehead atoms.